The fourth-order valence-electron chi connectivity index (χ4n) is 3.62. The number of sulfonamides is 1. The molecule has 1 amide bonds. The molecule has 0 saturated carbocycles. The van der Waals surface area contributed by atoms with E-state index in [2.05, 4.69) is 17.1 Å². The van der Waals surface area contributed by atoms with Crippen molar-refractivity contribution in [2.45, 2.75) is 30.7 Å². The van der Waals surface area contributed by atoms with Crippen molar-refractivity contribution >= 4 is 33.2 Å². The van der Waals surface area contributed by atoms with E-state index in [1.807, 2.05) is 0 Å². The molecular weight excluding hydrogens is 410 g/mol. The summed E-state index contributed by atoms with van der Waals surface area (Å²) in [5, 5.41) is 3.40. The molecule has 1 N–H and O–H groups in total. The van der Waals surface area contributed by atoms with E-state index in [0.29, 0.717) is 28.9 Å². The summed E-state index contributed by atoms with van der Waals surface area (Å²) < 4.78 is 27.2. The van der Waals surface area contributed by atoms with Gasteiger partial charge in [-0.2, -0.15) is 0 Å². The molecule has 1 atom stereocenters. The highest BCUT2D eigenvalue weighted by Gasteiger charge is 2.25. The minimum absolute atomic E-state index is 0.0590. The predicted octanol–water partition coefficient (Wildman–Crippen LogP) is 3.38. The Bertz CT molecular complexity index is 981. The average molecular weight is 436 g/mol. The van der Waals surface area contributed by atoms with Crippen molar-refractivity contribution in [1.29, 1.82) is 0 Å². The lowest BCUT2D eigenvalue weighted by atomic mass is 10.2. The number of likely N-dealkylation sites (tertiary alicyclic amines) is 1. The molecule has 0 bridgehead atoms. The van der Waals surface area contributed by atoms with Gasteiger partial charge >= 0.3 is 0 Å². The summed E-state index contributed by atoms with van der Waals surface area (Å²) in [6.07, 6.45) is 2.20. The largest absolute Gasteiger partial charge is 0.350 e. The quantitative estimate of drug-likeness (QED) is 0.723. The Morgan fingerprint density at radius 1 is 1.24 bits per heavy atom. The van der Waals surface area contributed by atoms with Crippen molar-refractivity contribution < 1.29 is 13.2 Å². The van der Waals surface area contributed by atoms with Crippen molar-refractivity contribution in [3.63, 3.8) is 0 Å². The molecular formula is C21H26ClN3O3S. The van der Waals surface area contributed by atoms with Crippen molar-refractivity contribution in [2.24, 2.45) is 0 Å². The van der Waals surface area contributed by atoms with Crippen molar-refractivity contribution in [3.05, 3.63) is 59.1 Å². The highest BCUT2D eigenvalue weighted by Crippen LogP contribution is 2.25. The first-order chi connectivity index (χ1) is 13.8. The number of nitrogens with zero attached hydrogens (tertiary/aromatic N) is 2. The monoisotopic (exact) mass is 435 g/mol. The van der Waals surface area contributed by atoms with Crippen LogP contribution in [0.25, 0.3) is 0 Å². The number of halogens is 1. The van der Waals surface area contributed by atoms with Crippen molar-refractivity contribution in [1.82, 2.24) is 10.2 Å². The van der Waals surface area contributed by atoms with Crippen LogP contribution >= 0.6 is 11.6 Å². The minimum atomic E-state index is -3.82. The number of anilines is 1. The molecule has 1 fully saturated rings. The van der Waals surface area contributed by atoms with Crippen LogP contribution in [0.1, 0.15) is 30.1 Å². The molecule has 2 aromatic carbocycles. The third-order valence-corrected chi connectivity index (χ3v) is 7.35. The second-order valence-electron chi connectivity index (χ2n) is 7.11. The number of carbonyl (C=O) groups is 1. The summed E-state index contributed by atoms with van der Waals surface area (Å²) >= 11 is 5.98. The molecule has 1 heterocycles. The van der Waals surface area contributed by atoms with E-state index in [4.69, 9.17) is 11.6 Å². The molecule has 1 unspecified atom stereocenters. The number of hydrogen-bond donors (Lipinski definition) is 1. The Labute approximate surface area is 177 Å². The lowest BCUT2D eigenvalue weighted by Gasteiger charge is -2.23. The minimum Gasteiger partial charge on any atom is -0.350 e. The van der Waals surface area contributed by atoms with Crippen molar-refractivity contribution in [2.75, 3.05) is 31.0 Å². The molecule has 1 aliphatic heterocycles. The van der Waals surface area contributed by atoms with E-state index in [0.717, 1.165) is 30.2 Å². The molecule has 1 saturated heterocycles. The number of rotatable bonds is 7. The molecule has 0 spiro atoms. The standard InChI is InChI=1S/C21H26ClN3O3S/c1-3-25-12-6-10-19(25)15-23-21(26)16-7-4-11-20(13-16)29(27,28)24(2)18-9-5-8-17(22)14-18/h4-5,7-9,11,13-14,19H,3,6,10,12,15H2,1-2H3,(H,23,26). The average Bonchev–Trinajstić information content (AvgIpc) is 3.19. The summed E-state index contributed by atoms with van der Waals surface area (Å²) in [7, 11) is -2.36. The fourth-order valence-corrected chi connectivity index (χ4v) is 5.04. The molecule has 156 valence electrons. The van der Waals surface area contributed by atoms with Crippen LogP contribution in [0.3, 0.4) is 0 Å². The van der Waals surface area contributed by atoms with Gasteiger partial charge in [-0.3, -0.25) is 14.0 Å². The zero-order chi connectivity index (χ0) is 21.0. The summed E-state index contributed by atoms with van der Waals surface area (Å²) in [4.78, 5) is 15.0. The Morgan fingerprint density at radius 3 is 2.72 bits per heavy atom. The van der Waals surface area contributed by atoms with Crippen LogP contribution in [0.15, 0.2) is 53.4 Å². The van der Waals surface area contributed by atoms with Gasteiger partial charge in [-0.05, 0) is 62.3 Å². The van der Waals surface area contributed by atoms with Gasteiger partial charge in [-0.15, -0.1) is 0 Å². The zero-order valence-electron chi connectivity index (χ0n) is 16.6. The van der Waals surface area contributed by atoms with Crippen LogP contribution in [-0.4, -0.2) is 51.9 Å². The van der Waals surface area contributed by atoms with Crippen LogP contribution in [0.2, 0.25) is 5.02 Å². The Hall–Kier alpha value is -2.09. The lowest BCUT2D eigenvalue weighted by molar-refractivity contribution is 0.0941. The second kappa shape index (κ2) is 9.15. The topological polar surface area (TPSA) is 69.7 Å². The summed E-state index contributed by atoms with van der Waals surface area (Å²) in [6, 6.07) is 13.1. The van der Waals surface area contributed by atoms with Gasteiger partial charge in [0.05, 0.1) is 10.6 Å². The molecule has 3 rings (SSSR count). The lowest BCUT2D eigenvalue weighted by Crippen LogP contribution is -2.40. The SMILES string of the molecule is CCN1CCCC1CNC(=O)c1cccc(S(=O)(=O)N(C)c2cccc(Cl)c2)c1. The van der Waals surface area contributed by atoms with E-state index >= 15 is 0 Å². The highest BCUT2D eigenvalue weighted by atomic mass is 35.5. The molecule has 0 aromatic heterocycles. The van der Waals surface area contributed by atoms with Gasteiger partial charge in [-0.25, -0.2) is 8.42 Å². The van der Waals surface area contributed by atoms with E-state index in [-0.39, 0.29) is 10.8 Å². The first kappa shape index (κ1) is 21.6. The first-order valence-electron chi connectivity index (χ1n) is 9.69. The van der Waals surface area contributed by atoms with Gasteiger partial charge in [0, 0.05) is 30.2 Å². The maximum Gasteiger partial charge on any atom is 0.264 e. The normalized spacial score (nSPS) is 17.3. The third kappa shape index (κ3) is 4.91. The molecule has 1 aliphatic rings. The van der Waals surface area contributed by atoms with Gasteiger partial charge in [-0.1, -0.05) is 30.7 Å². The number of benzene rings is 2. The number of hydrogen-bond acceptors (Lipinski definition) is 4. The highest BCUT2D eigenvalue weighted by molar-refractivity contribution is 7.92. The first-order valence-corrected chi connectivity index (χ1v) is 11.5. The number of likely N-dealkylation sites (N-methyl/N-ethyl adjacent to an activating group) is 1. The van der Waals surface area contributed by atoms with Gasteiger partial charge in [0.1, 0.15) is 0 Å². The molecule has 29 heavy (non-hydrogen) atoms. The van der Waals surface area contributed by atoms with Crippen LogP contribution in [0.4, 0.5) is 5.69 Å². The summed E-state index contributed by atoms with van der Waals surface area (Å²) in [5.74, 6) is -0.268. The van der Waals surface area contributed by atoms with Crippen molar-refractivity contribution in [3.8, 4) is 0 Å². The van der Waals surface area contributed by atoms with Gasteiger partial charge in [0.25, 0.3) is 15.9 Å². The van der Waals surface area contributed by atoms with Crippen LogP contribution in [-0.2, 0) is 10.0 Å². The molecule has 0 aliphatic carbocycles. The number of amides is 1. The Kier molecular flexibility index (Phi) is 6.82. The summed E-state index contributed by atoms with van der Waals surface area (Å²) in [6.45, 7) is 4.70. The predicted molar refractivity (Wildman–Crippen MR) is 116 cm³/mol. The number of nitrogens with one attached hydrogen (secondary N) is 1. The Balaban J connectivity index is 1.75. The third-order valence-electron chi connectivity index (χ3n) is 5.33. The van der Waals surface area contributed by atoms with Gasteiger partial charge in [0.2, 0.25) is 0 Å². The Morgan fingerprint density at radius 2 is 2.00 bits per heavy atom. The second-order valence-corrected chi connectivity index (χ2v) is 9.52. The molecule has 8 heteroatoms. The van der Waals surface area contributed by atoms with E-state index in [9.17, 15) is 13.2 Å². The van der Waals surface area contributed by atoms with E-state index in [1.165, 1.54) is 19.2 Å². The molecule has 6 nitrogen and oxygen atoms in total. The van der Waals surface area contributed by atoms with Gasteiger partial charge < -0.3 is 5.32 Å². The molecule has 0 radical (unpaired) electrons. The van der Waals surface area contributed by atoms with Gasteiger partial charge in [0.15, 0.2) is 0 Å². The molecule has 2 aromatic rings. The van der Waals surface area contributed by atoms with E-state index in [1.54, 1.807) is 36.4 Å². The number of carbonyl (C=O) groups excluding carboxylic acids is 1. The zero-order valence-corrected chi connectivity index (χ0v) is 18.2. The van der Waals surface area contributed by atoms with E-state index < -0.39 is 10.0 Å². The van der Waals surface area contributed by atoms with Crippen LogP contribution < -0.4 is 9.62 Å². The van der Waals surface area contributed by atoms with Crippen LogP contribution in [0.5, 0.6) is 0 Å². The smallest absolute Gasteiger partial charge is 0.264 e. The summed E-state index contributed by atoms with van der Waals surface area (Å²) in [5.41, 5.74) is 0.778. The maximum absolute atomic E-state index is 13.0. The maximum atomic E-state index is 13.0. The van der Waals surface area contributed by atoms with Crippen LogP contribution in [0, 0.1) is 0 Å². The fraction of sp³-hybridized carbons (Fsp3) is 0.381.